The van der Waals surface area contributed by atoms with Crippen LogP contribution in [0.1, 0.15) is 12.5 Å². The maximum atomic E-state index is 11.7. The number of anilines is 1. The van der Waals surface area contributed by atoms with E-state index in [9.17, 15) is 13.2 Å². The van der Waals surface area contributed by atoms with Crippen LogP contribution in [-0.2, 0) is 14.6 Å². The van der Waals surface area contributed by atoms with Crippen LogP contribution in [0.5, 0.6) is 0 Å². The summed E-state index contributed by atoms with van der Waals surface area (Å²) in [6.07, 6.45) is 1.18. The van der Waals surface area contributed by atoms with Crippen LogP contribution in [0.4, 0.5) is 5.69 Å². The van der Waals surface area contributed by atoms with Crippen LogP contribution in [0.2, 0.25) is 0 Å². The molecule has 0 heterocycles. The van der Waals surface area contributed by atoms with Crippen LogP contribution in [-0.4, -0.2) is 38.9 Å². The Morgan fingerprint density at radius 2 is 1.95 bits per heavy atom. The van der Waals surface area contributed by atoms with Gasteiger partial charge in [0.05, 0.1) is 12.3 Å². The minimum absolute atomic E-state index is 0.0185. The Morgan fingerprint density at radius 1 is 1.32 bits per heavy atom. The predicted octanol–water partition coefficient (Wildman–Crippen LogP) is 0.956. The largest absolute Gasteiger partial charge is 0.325 e. The van der Waals surface area contributed by atoms with Gasteiger partial charge >= 0.3 is 0 Å². The normalized spacial score (nSPS) is 13.0. The van der Waals surface area contributed by atoms with E-state index in [-0.39, 0.29) is 24.2 Å². The number of carbonyl (C=O) groups excluding carboxylic acids is 1. The number of carbonyl (C=O) groups is 1. The number of para-hydroxylation sites is 1. The molecule has 6 heteroatoms. The highest BCUT2D eigenvalue weighted by Crippen LogP contribution is 2.12. The SMILES string of the molecule is Cc1ccccc1NC(=O)CNC(C)CS(C)(=O)=O. The lowest BCUT2D eigenvalue weighted by Gasteiger charge is -2.13. The standard InChI is InChI=1S/C13H20N2O3S/c1-10-6-4-5-7-12(10)15-13(16)8-14-11(2)9-19(3,17)18/h4-7,11,14H,8-9H2,1-3H3,(H,15,16). The number of nitrogens with one attached hydrogen (secondary N) is 2. The lowest BCUT2D eigenvalue weighted by atomic mass is 10.2. The lowest BCUT2D eigenvalue weighted by molar-refractivity contribution is -0.115. The summed E-state index contributed by atoms with van der Waals surface area (Å²) in [4.78, 5) is 11.7. The van der Waals surface area contributed by atoms with Gasteiger partial charge in [0.15, 0.2) is 0 Å². The molecule has 2 N–H and O–H groups in total. The average molecular weight is 284 g/mol. The van der Waals surface area contributed by atoms with Gasteiger partial charge in [0.25, 0.3) is 0 Å². The summed E-state index contributed by atoms with van der Waals surface area (Å²) in [5.74, 6) is -0.167. The molecule has 0 aliphatic carbocycles. The fraction of sp³-hybridized carbons (Fsp3) is 0.462. The zero-order chi connectivity index (χ0) is 14.5. The van der Waals surface area contributed by atoms with Gasteiger partial charge in [0.2, 0.25) is 5.91 Å². The number of benzene rings is 1. The Labute approximate surface area is 114 Å². The molecule has 0 fully saturated rings. The maximum absolute atomic E-state index is 11.7. The Morgan fingerprint density at radius 3 is 2.53 bits per heavy atom. The number of sulfone groups is 1. The third kappa shape index (κ3) is 6.35. The van der Waals surface area contributed by atoms with Crippen LogP contribution in [0.3, 0.4) is 0 Å². The summed E-state index contributed by atoms with van der Waals surface area (Å²) in [5, 5.41) is 5.66. The molecule has 0 saturated carbocycles. The van der Waals surface area contributed by atoms with Gasteiger partial charge in [0, 0.05) is 18.0 Å². The van der Waals surface area contributed by atoms with E-state index >= 15 is 0 Å². The van der Waals surface area contributed by atoms with Crippen LogP contribution in [0.25, 0.3) is 0 Å². The van der Waals surface area contributed by atoms with Gasteiger partial charge in [-0.3, -0.25) is 4.79 Å². The summed E-state index contributed by atoms with van der Waals surface area (Å²) in [6, 6.07) is 7.24. The summed E-state index contributed by atoms with van der Waals surface area (Å²) in [5.41, 5.74) is 1.75. The zero-order valence-corrected chi connectivity index (χ0v) is 12.3. The Hall–Kier alpha value is -1.40. The summed E-state index contributed by atoms with van der Waals surface area (Å²) < 4.78 is 22.2. The van der Waals surface area contributed by atoms with Gasteiger partial charge in [-0.15, -0.1) is 0 Å². The van der Waals surface area contributed by atoms with Gasteiger partial charge < -0.3 is 10.6 Å². The minimum Gasteiger partial charge on any atom is -0.325 e. The molecule has 0 aliphatic heterocycles. The molecule has 5 nitrogen and oxygen atoms in total. The minimum atomic E-state index is -3.03. The summed E-state index contributed by atoms with van der Waals surface area (Å²) >= 11 is 0. The molecule has 0 aromatic heterocycles. The highest BCUT2D eigenvalue weighted by Gasteiger charge is 2.11. The smallest absolute Gasteiger partial charge is 0.238 e. The molecular formula is C13H20N2O3S. The summed E-state index contributed by atoms with van der Waals surface area (Å²) in [7, 11) is -3.03. The van der Waals surface area contributed by atoms with Crippen molar-refractivity contribution in [2.45, 2.75) is 19.9 Å². The van der Waals surface area contributed by atoms with Crippen molar-refractivity contribution < 1.29 is 13.2 Å². The van der Waals surface area contributed by atoms with Gasteiger partial charge in [0.1, 0.15) is 9.84 Å². The first-order valence-corrected chi connectivity index (χ1v) is 8.10. The molecule has 106 valence electrons. The second-order valence-electron chi connectivity index (χ2n) is 4.74. The molecule has 1 aromatic rings. The van der Waals surface area contributed by atoms with Gasteiger partial charge in [-0.1, -0.05) is 18.2 Å². The topological polar surface area (TPSA) is 75.3 Å². The molecule has 1 aromatic carbocycles. The van der Waals surface area contributed by atoms with E-state index in [0.717, 1.165) is 11.3 Å². The number of aryl methyl sites for hydroxylation is 1. The predicted molar refractivity (Wildman–Crippen MR) is 77.0 cm³/mol. The van der Waals surface area contributed by atoms with Gasteiger partial charge in [-0.25, -0.2) is 8.42 Å². The molecule has 0 spiro atoms. The molecule has 1 amide bonds. The number of hydrogen-bond donors (Lipinski definition) is 2. The van der Waals surface area contributed by atoms with Crippen molar-refractivity contribution in [3.05, 3.63) is 29.8 Å². The van der Waals surface area contributed by atoms with Crippen molar-refractivity contribution in [1.82, 2.24) is 5.32 Å². The number of hydrogen-bond acceptors (Lipinski definition) is 4. The fourth-order valence-electron chi connectivity index (χ4n) is 1.69. The van der Waals surface area contributed by atoms with Crippen molar-refractivity contribution in [2.75, 3.05) is 23.9 Å². The average Bonchev–Trinajstić information content (AvgIpc) is 2.27. The van der Waals surface area contributed by atoms with Crippen LogP contribution >= 0.6 is 0 Å². The van der Waals surface area contributed by atoms with E-state index in [1.165, 1.54) is 6.26 Å². The quantitative estimate of drug-likeness (QED) is 0.816. The molecule has 1 atom stereocenters. The fourth-order valence-corrected chi connectivity index (χ4v) is 2.71. The zero-order valence-electron chi connectivity index (χ0n) is 11.4. The maximum Gasteiger partial charge on any atom is 0.238 e. The van der Waals surface area contributed by atoms with Crippen molar-refractivity contribution in [1.29, 1.82) is 0 Å². The third-order valence-electron chi connectivity index (χ3n) is 2.58. The third-order valence-corrected chi connectivity index (χ3v) is 3.69. The molecule has 0 radical (unpaired) electrons. The second-order valence-corrected chi connectivity index (χ2v) is 6.92. The van der Waals surface area contributed by atoms with Crippen molar-refractivity contribution in [3.63, 3.8) is 0 Å². The highest BCUT2D eigenvalue weighted by atomic mass is 32.2. The van der Waals surface area contributed by atoms with E-state index in [2.05, 4.69) is 10.6 Å². The lowest BCUT2D eigenvalue weighted by Crippen LogP contribution is -2.38. The van der Waals surface area contributed by atoms with Crippen molar-refractivity contribution in [2.24, 2.45) is 0 Å². The monoisotopic (exact) mass is 284 g/mol. The Bertz CT molecular complexity index is 541. The van der Waals surface area contributed by atoms with Gasteiger partial charge in [-0.05, 0) is 25.5 Å². The highest BCUT2D eigenvalue weighted by molar-refractivity contribution is 7.90. The van der Waals surface area contributed by atoms with E-state index in [4.69, 9.17) is 0 Å². The van der Waals surface area contributed by atoms with Crippen molar-refractivity contribution in [3.8, 4) is 0 Å². The molecular weight excluding hydrogens is 264 g/mol. The number of amides is 1. The first-order valence-electron chi connectivity index (χ1n) is 6.04. The second kappa shape index (κ2) is 6.68. The molecule has 1 unspecified atom stereocenters. The van der Waals surface area contributed by atoms with Gasteiger partial charge in [-0.2, -0.15) is 0 Å². The molecule has 0 aliphatic rings. The Balaban J connectivity index is 2.43. The first kappa shape index (κ1) is 15.7. The summed E-state index contributed by atoms with van der Waals surface area (Å²) in [6.45, 7) is 3.74. The van der Waals surface area contributed by atoms with E-state index in [0.29, 0.717) is 0 Å². The molecule has 0 bridgehead atoms. The van der Waals surface area contributed by atoms with E-state index in [1.807, 2.05) is 31.2 Å². The molecule has 1 rings (SSSR count). The first-order chi connectivity index (χ1) is 8.78. The number of rotatable bonds is 6. The Kier molecular flexibility index (Phi) is 5.50. The van der Waals surface area contributed by atoms with E-state index < -0.39 is 9.84 Å². The van der Waals surface area contributed by atoms with Crippen LogP contribution < -0.4 is 10.6 Å². The van der Waals surface area contributed by atoms with E-state index in [1.54, 1.807) is 6.92 Å². The van der Waals surface area contributed by atoms with Crippen LogP contribution in [0.15, 0.2) is 24.3 Å². The molecule has 19 heavy (non-hydrogen) atoms. The van der Waals surface area contributed by atoms with Crippen molar-refractivity contribution >= 4 is 21.4 Å². The van der Waals surface area contributed by atoms with Crippen LogP contribution in [0, 0.1) is 6.92 Å². The molecule has 0 saturated heterocycles.